The summed E-state index contributed by atoms with van der Waals surface area (Å²) in [5.41, 5.74) is 3.79. The summed E-state index contributed by atoms with van der Waals surface area (Å²) in [6, 6.07) is 6.58. The van der Waals surface area contributed by atoms with E-state index in [1.54, 1.807) is 6.07 Å². The third-order valence-corrected chi connectivity index (χ3v) is 4.66. The Kier molecular flexibility index (Phi) is 4.61. The molecule has 6 heteroatoms. The number of fused-ring (bicyclic) bond motifs is 1. The van der Waals surface area contributed by atoms with Crippen LogP contribution < -0.4 is 5.32 Å². The minimum absolute atomic E-state index is 0.0835. The number of amides is 1. The van der Waals surface area contributed by atoms with Crippen LogP contribution >= 0.6 is 11.8 Å². The van der Waals surface area contributed by atoms with Gasteiger partial charge in [-0.3, -0.25) is 4.79 Å². The summed E-state index contributed by atoms with van der Waals surface area (Å²) in [6.07, 6.45) is 1.68. The number of halogens is 1. The lowest BCUT2D eigenvalue weighted by Gasteiger charge is -2.14. The normalized spacial score (nSPS) is 16.2. The van der Waals surface area contributed by atoms with Crippen molar-refractivity contribution in [3.05, 3.63) is 52.6 Å². The Morgan fingerprint density at radius 1 is 1.30 bits per heavy atom. The van der Waals surface area contributed by atoms with E-state index >= 15 is 0 Å². The molecule has 2 aromatic rings. The van der Waals surface area contributed by atoms with Gasteiger partial charge in [0.15, 0.2) is 5.16 Å². The maximum atomic E-state index is 13.4. The second kappa shape index (κ2) is 6.66. The van der Waals surface area contributed by atoms with E-state index in [-0.39, 0.29) is 23.5 Å². The van der Waals surface area contributed by atoms with E-state index in [1.165, 1.54) is 23.9 Å². The van der Waals surface area contributed by atoms with E-state index in [2.05, 4.69) is 15.3 Å². The van der Waals surface area contributed by atoms with Crippen molar-refractivity contribution in [2.45, 2.75) is 37.9 Å². The van der Waals surface area contributed by atoms with Gasteiger partial charge in [0, 0.05) is 11.4 Å². The molecular weight excluding hydrogens is 313 g/mol. The molecule has 0 radical (unpaired) electrons. The fraction of sp³-hybridized carbons (Fsp3) is 0.353. The molecule has 1 amide bonds. The van der Waals surface area contributed by atoms with E-state index in [9.17, 15) is 9.18 Å². The van der Waals surface area contributed by atoms with Crippen molar-refractivity contribution in [1.29, 1.82) is 0 Å². The number of rotatable bonds is 4. The van der Waals surface area contributed by atoms with Gasteiger partial charge < -0.3 is 5.32 Å². The van der Waals surface area contributed by atoms with Gasteiger partial charge in [0.05, 0.1) is 11.8 Å². The van der Waals surface area contributed by atoms with Crippen LogP contribution in [0.5, 0.6) is 0 Å². The number of hydrogen-bond acceptors (Lipinski definition) is 4. The van der Waals surface area contributed by atoms with Crippen LogP contribution in [-0.4, -0.2) is 21.6 Å². The van der Waals surface area contributed by atoms with Crippen LogP contribution in [-0.2, 0) is 11.2 Å². The minimum Gasteiger partial charge on any atom is -0.349 e. The first-order valence-electron chi connectivity index (χ1n) is 7.54. The molecule has 1 aliphatic carbocycles. The van der Waals surface area contributed by atoms with Gasteiger partial charge in [-0.25, -0.2) is 14.4 Å². The fourth-order valence-corrected chi connectivity index (χ4v) is 3.61. The summed E-state index contributed by atoms with van der Waals surface area (Å²) in [6.45, 7) is 3.81. The summed E-state index contributed by atoms with van der Waals surface area (Å²) in [7, 11) is 0. The highest BCUT2D eigenvalue weighted by Crippen LogP contribution is 2.31. The predicted octanol–water partition coefficient (Wildman–Crippen LogP) is 3.13. The molecule has 0 saturated carbocycles. The molecule has 1 aliphatic rings. The molecule has 23 heavy (non-hydrogen) atoms. The van der Waals surface area contributed by atoms with Crippen LogP contribution in [0, 0.1) is 19.7 Å². The van der Waals surface area contributed by atoms with Crippen LogP contribution in [0.25, 0.3) is 0 Å². The highest BCUT2D eigenvalue weighted by Gasteiger charge is 2.24. The maximum absolute atomic E-state index is 13.4. The number of carbonyl (C=O) groups is 1. The molecular formula is C17H18FN3OS. The van der Waals surface area contributed by atoms with E-state index in [0.29, 0.717) is 5.16 Å². The maximum Gasteiger partial charge on any atom is 0.230 e. The van der Waals surface area contributed by atoms with E-state index in [1.807, 2.05) is 19.9 Å². The molecule has 1 heterocycles. The number of aromatic nitrogens is 2. The standard InChI is InChI=1S/C17H18FN3OS/c1-10-7-11(2)20-17(19-10)23-9-16(22)21-15-6-4-12-3-5-13(18)8-14(12)15/h3,5,7-8,15H,4,6,9H2,1-2H3,(H,21,22)/t15-/m0/s1. The Labute approximate surface area is 138 Å². The molecule has 0 saturated heterocycles. The third kappa shape index (κ3) is 3.88. The molecule has 120 valence electrons. The van der Waals surface area contributed by atoms with Gasteiger partial charge in [-0.05, 0) is 56.0 Å². The Hall–Kier alpha value is -1.95. The van der Waals surface area contributed by atoms with Gasteiger partial charge in [0.2, 0.25) is 5.91 Å². The van der Waals surface area contributed by atoms with Gasteiger partial charge in [-0.2, -0.15) is 0 Å². The summed E-state index contributed by atoms with van der Waals surface area (Å²) in [5.74, 6) is -0.0906. The van der Waals surface area contributed by atoms with Crippen molar-refractivity contribution in [3.8, 4) is 0 Å². The van der Waals surface area contributed by atoms with Crippen molar-refractivity contribution in [2.24, 2.45) is 0 Å². The zero-order chi connectivity index (χ0) is 16.4. The molecule has 1 aromatic carbocycles. The van der Waals surface area contributed by atoms with Crippen molar-refractivity contribution in [1.82, 2.24) is 15.3 Å². The van der Waals surface area contributed by atoms with Crippen LogP contribution in [0.2, 0.25) is 0 Å². The highest BCUT2D eigenvalue weighted by atomic mass is 32.2. The Bertz CT molecular complexity index is 730. The summed E-state index contributed by atoms with van der Waals surface area (Å²) >= 11 is 1.32. The Morgan fingerprint density at radius 2 is 2.04 bits per heavy atom. The van der Waals surface area contributed by atoms with Crippen LogP contribution in [0.1, 0.15) is 35.0 Å². The lowest BCUT2D eigenvalue weighted by atomic mass is 10.1. The second-order valence-corrected chi connectivity index (χ2v) is 6.67. The monoisotopic (exact) mass is 331 g/mol. The average molecular weight is 331 g/mol. The Balaban J connectivity index is 1.60. The zero-order valence-electron chi connectivity index (χ0n) is 13.1. The fourth-order valence-electron chi connectivity index (χ4n) is 2.85. The SMILES string of the molecule is Cc1cc(C)nc(SCC(=O)N[C@H]2CCc3ccc(F)cc32)n1. The van der Waals surface area contributed by atoms with Crippen LogP contribution in [0.3, 0.4) is 0 Å². The molecule has 0 bridgehead atoms. The number of aryl methyl sites for hydroxylation is 3. The molecule has 4 nitrogen and oxygen atoms in total. The Morgan fingerprint density at radius 3 is 2.78 bits per heavy atom. The molecule has 0 aliphatic heterocycles. The van der Waals surface area contributed by atoms with Gasteiger partial charge in [0.1, 0.15) is 5.82 Å². The molecule has 1 N–H and O–H groups in total. The van der Waals surface area contributed by atoms with Gasteiger partial charge in [0.25, 0.3) is 0 Å². The van der Waals surface area contributed by atoms with Gasteiger partial charge in [-0.1, -0.05) is 17.8 Å². The van der Waals surface area contributed by atoms with E-state index in [0.717, 1.165) is 35.4 Å². The summed E-state index contributed by atoms with van der Waals surface area (Å²) in [5, 5.41) is 3.59. The molecule has 1 aromatic heterocycles. The first-order valence-corrected chi connectivity index (χ1v) is 8.52. The lowest BCUT2D eigenvalue weighted by molar-refractivity contribution is -0.119. The topological polar surface area (TPSA) is 54.9 Å². The lowest BCUT2D eigenvalue weighted by Crippen LogP contribution is -2.28. The molecule has 1 atom stereocenters. The number of hydrogen-bond donors (Lipinski definition) is 1. The van der Waals surface area contributed by atoms with E-state index in [4.69, 9.17) is 0 Å². The van der Waals surface area contributed by atoms with Crippen LogP contribution in [0.4, 0.5) is 4.39 Å². The quantitative estimate of drug-likeness (QED) is 0.691. The first-order chi connectivity index (χ1) is 11.0. The molecule has 0 fully saturated rings. The average Bonchev–Trinajstić information content (AvgIpc) is 2.86. The molecule has 3 rings (SSSR count). The predicted molar refractivity (Wildman–Crippen MR) is 87.8 cm³/mol. The number of nitrogens with one attached hydrogen (secondary N) is 1. The van der Waals surface area contributed by atoms with Crippen LogP contribution in [0.15, 0.2) is 29.4 Å². The summed E-state index contributed by atoms with van der Waals surface area (Å²) < 4.78 is 13.4. The first kappa shape index (κ1) is 15.9. The van der Waals surface area contributed by atoms with Crippen molar-refractivity contribution >= 4 is 17.7 Å². The van der Waals surface area contributed by atoms with Crippen molar-refractivity contribution in [2.75, 3.05) is 5.75 Å². The minimum atomic E-state index is -0.261. The van der Waals surface area contributed by atoms with Gasteiger partial charge >= 0.3 is 0 Å². The summed E-state index contributed by atoms with van der Waals surface area (Å²) in [4.78, 5) is 20.8. The smallest absolute Gasteiger partial charge is 0.230 e. The van der Waals surface area contributed by atoms with E-state index < -0.39 is 0 Å². The highest BCUT2D eigenvalue weighted by molar-refractivity contribution is 7.99. The number of carbonyl (C=O) groups excluding carboxylic acids is 1. The zero-order valence-corrected chi connectivity index (χ0v) is 13.9. The van der Waals surface area contributed by atoms with Crippen molar-refractivity contribution < 1.29 is 9.18 Å². The second-order valence-electron chi connectivity index (χ2n) is 5.72. The molecule has 0 spiro atoms. The number of nitrogens with zero attached hydrogens (tertiary/aromatic N) is 2. The number of benzene rings is 1. The number of thioether (sulfide) groups is 1. The molecule has 0 unspecified atom stereocenters. The van der Waals surface area contributed by atoms with Crippen molar-refractivity contribution in [3.63, 3.8) is 0 Å². The third-order valence-electron chi connectivity index (χ3n) is 3.82. The largest absolute Gasteiger partial charge is 0.349 e. The van der Waals surface area contributed by atoms with Gasteiger partial charge in [-0.15, -0.1) is 0 Å².